The van der Waals surface area contributed by atoms with Crippen LogP contribution in [0.4, 0.5) is 0 Å². The Hall–Kier alpha value is -0.620. The molecule has 0 aromatic rings. The van der Waals surface area contributed by atoms with Crippen LogP contribution < -0.4 is 0 Å². The highest BCUT2D eigenvalue weighted by molar-refractivity contribution is 8.16. The zero-order valence-corrected chi connectivity index (χ0v) is 5.59. The maximum Gasteiger partial charge on any atom is 0.260 e. The molecule has 0 amide bonds. The molecule has 7 heteroatoms. The molecule has 0 saturated carbocycles. The molecule has 0 aliphatic carbocycles. The molecule has 0 heterocycles. The van der Waals surface area contributed by atoms with Crippen molar-refractivity contribution in [3.63, 3.8) is 0 Å². The Labute approximate surface area is 55.5 Å². The van der Waals surface area contributed by atoms with Crippen LogP contribution in [0.1, 0.15) is 0 Å². The second-order valence-corrected chi connectivity index (χ2v) is 3.56. The van der Waals surface area contributed by atoms with Crippen molar-refractivity contribution in [2.45, 2.75) is 0 Å². The lowest BCUT2D eigenvalue weighted by Crippen LogP contribution is -1.86. The fourth-order valence-electron chi connectivity index (χ4n) is 0.122. The van der Waals surface area contributed by atoms with Crippen molar-refractivity contribution in [3.05, 3.63) is 21.7 Å². The van der Waals surface area contributed by atoms with Gasteiger partial charge in [0.05, 0.1) is 4.92 Å². The molecule has 0 atom stereocenters. The Morgan fingerprint density at radius 3 is 2.11 bits per heavy atom. The van der Waals surface area contributed by atoms with Crippen molar-refractivity contribution < 1.29 is 13.3 Å². The summed E-state index contributed by atoms with van der Waals surface area (Å²) in [6, 6.07) is 0. The largest absolute Gasteiger partial charge is 0.260 e. The van der Waals surface area contributed by atoms with Gasteiger partial charge in [-0.3, -0.25) is 10.1 Å². The van der Waals surface area contributed by atoms with E-state index in [2.05, 4.69) is 10.7 Å². The van der Waals surface area contributed by atoms with Crippen molar-refractivity contribution in [2.75, 3.05) is 0 Å². The molecule has 0 aromatic heterocycles. The first-order valence-corrected chi connectivity index (χ1v) is 4.05. The van der Waals surface area contributed by atoms with E-state index in [1.54, 1.807) is 0 Å². The summed E-state index contributed by atoms with van der Waals surface area (Å²) < 4.78 is 19.8. The van der Waals surface area contributed by atoms with Gasteiger partial charge in [0.15, 0.2) is 0 Å². The summed E-state index contributed by atoms with van der Waals surface area (Å²) in [5.41, 5.74) is 0. The number of halogens is 1. The van der Waals surface area contributed by atoms with Crippen LogP contribution in [0.2, 0.25) is 0 Å². The van der Waals surface area contributed by atoms with E-state index in [1.807, 2.05) is 0 Å². The first-order valence-electron chi connectivity index (χ1n) is 1.68. The zero-order chi connectivity index (χ0) is 7.49. The monoisotopic (exact) mass is 171 g/mol. The number of hydrogen-bond donors (Lipinski definition) is 0. The van der Waals surface area contributed by atoms with E-state index >= 15 is 0 Å². The fourth-order valence-corrected chi connectivity index (χ4v) is 0.505. The third kappa shape index (κ3) is 7.38. The number of nitrogens with zero attached hydrogens (tertiary/aromatic N) is 1. The smallest absolute Gasteiger partial charge is 0.259 e. The molecule has 0 N–H and O–H groups in total. The van der Waals surface area contributed by atoms with E-state index in [9.17, 15) is 18.5 Å². The highest BCUT2D eigenvalue weighted by Crippen LogP contribution is 1.96. The van der Waals surface area contributed by atoms with Gasteiger partial charge in [0.25, 0.3) is 9.05 Å². The van der Waals surface area contributed by atoms with E-state index in [-0.39, 0.29) is 6.20 Å². The number of nitro groups is 1. The van der Waals surface area contributed by atoms with Crippen LogP contribution in [-0.4, -0.2) is 13.3 Å². The molecule has 0 spiro atoms. The molecule has 0 aromatic carbocycles. The van der Waals surface area contributed by atoms with E-state index in [4.69, 9.17) is 0 Å². The highest BCUT2D eigenvalue weighted by atomic mass is 35.7. The highest BCUT2D eigenvalue weighted by Gasteiger charge is 1.98. The summed E-state index contributed by atoms with van der Waals surface area (Å²) in [6.45, 7) is 0. The average molecular weight is 172 g/mol. The van der Waals surface area contributed by atoms with Gasteiger partial charge in [0, 0.05) is 10.7 Å². The van der Waals surface area contributed by atoms with Crippen molar-refractivity contribution >= 4 is 19.7 Å². The molecule has 0 rings (SSSR count). The first-order chi connectivity index (χ1) is 3.92. The Morgan fingerprint density at radius 1 is 1.56 bits per heavy atom. The molecule has 52 valence electrons. The summed E-state index contributed by atoms with van der Waals surface area (Å²) in [7, 11) is 0.689. The van der Waals surface area contributed by atoms with E-state index in [1.165, 1.54) is 0 Å². The average Bonchev–Trinajstić information content (AvgIpc) is 1.59. The summed E-state index contributed by atoms with van der Waals surface area (Å²) in [6.07, 6.45) is 0.252. The van der Waals surface area contributed by atoms with Gasteiger partial charge in [-0.1, -0.05) is 0 Å². The molecule has 5 nitrogen and oxygen atoms in total. The van der Waals surface area contributed by atoms with Crippen LogP contribution in [0.5, 0.6) is 0 Å². The Morgan fingerprint density at radius 2 is 2.00 bits per heavy atom. The lowest BCUT2D eigenvalue weighted by Gasteiger charge is -1.76. The summed E-state index contributed by atoms with van der Waals surface area (Å²) in [5, 5.41) is 9.74. The van der Waals surface area contributed by atoms with Gasteiger partial charge in [-0.25, -0.2) is 8.42 Å². The molecule has 0 aliphatic rings. The predicted octanol–water partition coefficient (Wildman–Crippen LogP) is 0.303. The van der Waals surface area contributed by atoms with Gasteiger partial charge in [-0.05, 0) is 0 Å². The minimum absolute atomic E-state index is 0.252. The molecular formula is C2H2ClNO4S. The van der Waals surface area contributed by atoms with Crippen LogP contribution in [0, 0.1) is 10.1 Å². The molecule has 0 unspecified atom stereocenters. The van der Waals surface area contributed by atoms with E-state index in [0.29, 0.717) is 5.41 Å². The predicted molar refractivity (Wildman–Crippen MR) is 30.9 cm³/mol. The van der Waals surface area contributed by atoms with Gasteiger partial charge in [-0.2, -0.15) is 0 Å². The SMILES string of the molecule is O=[N+]([O-])/C=C\S(=O)(=O)Cl. The fraction of sp³-hybridized carbons (Fsp3) is 0. The Balaban J connectivity index is 4.21. The maximum absolute atomic E-state index is 9.91. The number of rotatable bonds is 2. The van der Waals surface area contributed by atoms with Crippen molar-refractivity contribution in [1.82, 2.24) is 0 Å². The minimum Gasteiger partial charge on any atom is -0.259 e. The maximum atomic E-state index is 9.91. The van der Waals surface area contributed by atoms with Crippen LogP contribution in [0.3, 0.4) is 0 Å². The molecule has 0 radical (unpaired) electrons. The van der Waals surface area contributed by atoms with Crippen molar-refractivity contribution in [3.8, 4) is 0 Å². The standard InChI is InChI=1S/C2H2ClNO4S/c3-9(7,8)2-1-4(5)6/h1-2H/b2-1-. The quantitative estimate of drug-likeness (QED) is 0.340. The van der Waals surface area contributed by atoms with Gasteiger partial charge in [0.2, 0.25) is 6.20 Å². The lowest BCUT2D eigenvalue weighted by molar-refractivity contribution is -0.402. The zero-order valence-electron chi connectivity index (χ0n) is 4.02. The lowest BCUT2D eigenvalue weighted by atomic mass is 11.1. The van der Waals surface area contributed by atoms with Crippen molar-refractivity contribution in [2.24, 2.45) is 0 Å². The van der Waals surface area contributed by atoms with Gasteiger partial charge >= 0.3 is 0 Å². The second-order valence-electron chi connectivity index (χ2n) is 1.05. The molecule has 0 saturated heterocycles. The van der Waals surface area contributed by atoms with E-state index < -0.39 is 14.0 Å². The summed E-state index contributed by atoms with van der Waals surface area (Å²) >= 11 is 0. The van der Waals surface area contributed by atoms with Crippen LogP contribution in [-0.2, 0) is 9.05 Å². The molecule has 9 heavy (non-hydrogen) atoms. The Bertz CT molecular complexity index is 229. The van der Waals surface area contributed by atoms with Crippen LogP contribution >= 0.6 is 10.7 Å². The van der Waals surface area contributed by atoms with E-state index in [0.717, 1.165) is 0 Å². The second kappa shape index (κ2) is 2.79. The van der Waals surface area contributed by atoms with Crippen molar-refractivity contribution in [1.29, 1.82) is 0 Å². The molecule has 0 fully saturated rings. The van der Waals surface area contributed by atoms with Crippen LogP contribution in [0.25, 0.3) is 0 Å². The molecule has 0 aliphatic heterocycles. The normalized spacial score (nSPS) is 12.1. The first kappa shape index (κ1) is 8.38. The third-order valence-electron chi connectivity index (χ3n) is 0.345. The summed E-state index contributed by atoms with van der Waals surface area (Å²) in [5.74, 6) is 0. The summed E-state index contributed by atoms with van der Waals surface area (Å²) in [4.78, 5) is 8.52. The topological polar surface area (TPSA) is 77.3 Å². The van der Waals surface area contributed by atoms with Gasteiger partial charge in [-0.15, -0.1) is 0 Å². The third-order valence-corrected chi connectivity index (χ3v) is 1.10. The number of hydrogen-bond acceptors (Lipinski definition) is 4. The van der Waals surface area contributed by atoms with Gasteiger partial charge < -0.3 is 0 Å². The minimum atomic E-state index is -3.87. The molecule has 0 bridgehead atoms. The molecular weight excluding hydrogens is 170 g/mol. The van der Waals surface area contributed by atoms with Crippen LogP contribution in [0.15, 0.2) is 11.6 Å². The Kier molecular flexibility index (Phi) is 2.60. The van der Waals surface area contributed by atoms with Gasteiger partial charge in [0.1, 0.15) is 5.41 Å².